The highest BCUT2D eigenvalue weighted by atomic mass is 16.5. The Hall–Kier alpha value is -4.60. The topological polar surface area (TPSA) is 147 Å². The molecule has 0 heterocycles. The van der Waals surface area contributed by atoms with Gasteiger partial charge in [0.1, 0.15) is 23.0 Å². The summed E-state index contributed by atoms with van der Waals surface area (Å²) < 4.78 is 24.1. The number of carbonyl (C=O) groups is 2. The van der Waals surface area contributed by atoms with Gasteiger partial charge in [0.2, 0.25) is 0 Å². The van der Waals surface area contributed by atoms with Gasteiger partial charge in [-0.15, -0.1) is 0 Å². The van der Waals surface area contributed by atoms with E-state index < -0.39 is 11.8 Å². The Balaban J connectivity index is 2.05. The Labute approximate surface area is 273 Å². The van der Waals surface area contributed by atoms with Crippen molar-refractivity contribution in [2.24, 2.45) is 11.8 Å². The van der Waals surface area contributed by atoms with Gasteiger partial charge in [-0.2, -0.15) is 0 Å². The Kier molecular flexibility index (Phi) is 13.9. The molecule has 6 N–H and O–H groups in total. The number of hydrogen-bond acceptors (Lipinski definition) is 8. The highest BCUT2D eigenvalue weighted by Crippen LogP contribution is 2.39. The fourth-order valence-corrected chi connectivity index (χ4v) is 4.24. The molecule has 0 fully saturated rings. The molecule has 0 aliphatic carbocycles. The van der Waals surface area contributed by atoms with Crippen LogP contribution in [0.15, 0.2) is 48.5 Å². The van der Waals surface area contributed by atoms with Gasteiger partial charge in [0.15, 0.2) is 0 Å². The van der Waals surface area contributed by atoms with Crippen molar-refractivity contribution in [2.45, 2.75) is 67.2 Å². The van der Waals surface area contributed by atoms with Crippen molar-refractivity contribution in [3.63, 3.8) is 0 Å². The number of nitrogen functional groups attached to an aromatic ring is 2. The molecule has 0 bridgehead atoms. The van der Waals surface area contributed by atoms with E-state index in [4.69, 9.17) is 30.4 Å². The zero-order valence-electron chi connectivity index (χ0n) is 28.0. The van der Waals surface area contributed by atoms with Crippen LogP contribution in [0.4, 0.5) is 22.7 Å². The molecule has 0 saturated heterocycles. The van der Waals surface area contributed by atoms with Crippen LogP contribution < -0.4 is 41.0 Å². The predicted molar refractivity (Wildman–Crippen MR) is 186 cm³/mol. The van der Waals surface area contributed by atoms with E-state index in [1.54, 1.807) is 48.5 Å². The molecule has 3 aromatic carbocycles. The van der Waals surface area contributed by atoms with Crippen molar-refractivity contribution >= 4 is 34.6 Å². The second-order valence-corrected chi connectivity index (χ2v) is 12.1. The number of benzene rings is 3. The van der Waals surface area contributed by atoms with E-state index >= 15 is 0 Å². The highest BCUT2D eigenvalue weighted by Gasteiger charge is 2.22. The van der Waals surface area contributed by atoms with Crippen molar-refractivity contribution in [3.05, 3.63) is 59.7 Å². The smallest absolute Gasteiger partial charge is 0.259 e. The summed E-state index contributed by atoms with van der Waals surface area (Å²) >= 11 is 0. The van der Waals surface area contributed by atoms with Gasteiger partial charge in [0, 0.05) is 17.4 Å². The molecule has 0 radical (unpaired) electrons. The normalized spacial score (nSPS) is 11.0. The summed E-state index contributed by atoms with van der Waals surface area (Å²) in [7, 11) is 0. The predicted octanol–water partition coefficient (Wildman–Crippen LogP) is 7.78. The number of carbonyl (C=O) groups excluding carboxylic acids is 2. The van der Waals surface area contributed by atoms with Gasteiger partial charge < -0.3 is 41.0 Å². The van der Waals surface area contributed by atoms with Crippen molar-refractivity contribution in [1.82, 2.24) is 0 Å². The van der Waals surface area contributed by atoms with Gasteiger partial charge in [-0.05, 0) is 67.1 Å². The molecule has 0 aliphatic heterocycles. The Morgan fingerprint density at radius 2 is 1.02 bits per heavy atom. The fraction of sp³-hybridized carbons (Fsp3) is 0.444. The number of unbranched alkanes of at least 4 members (excludes halogenated alkanes) is 2. The average molecular weight is 635 g/mol. The summed E-state index contributed by atoms with van der Waals surface area (Å²) in [5, 5.41) is 5.92. The number of nitrogens with two attached hydrogens (primary N) is 2. The summed E-state index contributed by atoms with van der Waals surface area (Å²) in [6.45, 7) is 14.0. The Morgan fingerprint density at radius 1 is 0.609 bits per heavy atom. The van der Waals surface area contributed by atoms with Crippen LogP contribution in [0.1, 0.15) is 87.9 Å². The molecule has 0 saturated carbocycles. The molecule has 0 unspecified atom stereocenters. The standard InChI is InChI=1S/C36H50N4O6/c1-7-9-15-43-31-13-11-25(37)17-27(31)35(41)39-29-19-30(34(46-22-24(5)6)20-33(29)45-21-23(3)4)40-36(42)28-18-26(38)12-14-32(28)44-16-10-8-2/h11-14,17-20,23-24H,7-10,15-16,21-22,37-38H2,1-6H3,(H,39,41)(H,40,42). The maximum absolute atomic E-state index is 13.7. The van der Waals surface area contributed by atoms with E-state index in [0.717, 1.165) is 25.7 Å². The quantitative estimate of drug-likeness (QED) is 0.0819. The Morgan fingerprint density at radius 3 is 1.39 bits per heavy atom. The van der Waals surface area contributed by atoms with E-state index in [2.05, 4.69) is 24.5 Å². The summed E-state index contributed by atoms with van der Waals surface area (Å²) in [5.41, 5.74) is 14.2. The first-order valence-corrected chi connectivity index (χ1v) is 16.1. The molecule has 3 rings (SSSR count). The number of nitrogens with one attached hydrogen (secondary N) is 2. The van der Waals surface area contributed by atoms with E-state index in [1.165, 1.54) is 0 Å². The van der Waals surface area contributed by atoms with Crippen LogP contribution in [-0.4, -0.2) is 38.2 Å². The summed E-state index contributed by atoms with van der Waals surface area (Å²) in [5.74, 6) is 1.18. The van der Waals surface area contributed by atoms with Crippen LogP contribution in [0.5, 0.6) is 23.0 Å². The lowest BCUT2D eigenvalue weighted by molar-refractivity contribution is 0.101. The second kappa shape index (κ2) is 17.8. The van der Waals surface area contributed by atoms with E-state index in [-0.39, 0.29) is 23.0 Å². The van der Waals surface area contributed by atoms with Gasteiger partial charge >= 0.3 is 0 Å². The van der Waals surface area contributed by atoms with E-state index in [9.17, 15) is 9.59 Å². The first-order valence-electron chi connectivity index (χ1n) is 16.1. The zero-order valence-corrected chi connectivity index (χ0v) is 28.0. The molecule has 0 aromatic heterocycles. The monoisotopic (exact) mass is 634 g/mol. The molecular formula is C36H50N4O6. The fourth-order valence-electron chi connectivity index (χ4n) is 4.24. The Bertz CT molecular complexity index is 1350. The number of anilines is 4. The SMILES string of the molecule is CCCCOc1ccc(N)cc1C(=O)Nc1cc(NC(=O)c2cc(N)ccc2OCCCC)c(OCC(C)C)cc1OCC(C)C. The number of hydrogen-bond donors (Lipinski definition) is 4. The summed E-state index contributed by atoms with van der Waals surface area (Å²) in [4.78, 5) is 27.4. The van der Waals surface area contributed by atoms with Gasteiger partial charge in [-0.1, -0.05) is 54.4 Å². The highest BCUT2D eigenvalue weighted by molar-refractivity contribution is 6.10. The minimum Gasteiger partial charge on any atom is -0.493 e. The maximum Gasteiger partial charge on any atom is 0.259 e. The van der Waals surface area contributed by atoms with Gasteiger partial charge in [0.05, 0.1) is 48.9 Å². The van der Waals surface area contributed by atoms with Gasteiger partial charge in [-0.3, -0.25) is 9.59 Å². The lowest BCUT2D eigenvalue weighted by atomic mass is 10.1. The van der Waals surface area contributed by atoms with E-state index in [1.807, 2.05) is 27.7 Å². The maximum atomic E-state index is 13.7. The van der Waals surface area contributed by atoms with Crippen LogP contribution in [0.3, 0.4) is 0 Å². The third-order valence-electron chi connectivity index (χ3n) is 6.73. The van der Waals surface area contributed by atoms with Crippen LogP contribution in [0.25, 0.3) is 0 Å². The third kappa shape index (κ3) is 10.8. The first kappa shape index (κ1) is 35.9. The van der Waals surface area contributed by atoms with Gasteiger partial charge in [-0.25, -0.2) is 0 Å². The van der Waals surface area contributed by atoms with Crippen LogP contribution in [0, 0.1) is 11.8 Å². The molecule has 10 heteroatoms. The molecule has 0 aliphatic rings. The molecule has 2 amide bonds. The first-order chi connectivity index (χ1) is 22.0. The van der Waals surface area contributed by atoms with Gasteiger partial charge in [0.25, 0.3) is 11.8 Å². The summed E-state index contributed by atoms with van der Waals surface area (Å²) in [6.07, 6.45) is 3.60. The molecule has 250 valence electrons. The zero-order chi connectivity index (χ0) is 33.6. The van der Waals surface area contributed by atoms with Crippen LogP contribution in [0.2, 0.25) is 0 Å². The molecule has 0 spiro atoms. The second-order valence-electron chi connectivity index (χ2n) is 12.1. The van der Waals surface area contributed by atoms with Crippen LogP contribution >= 0.6 is 0 Å². The lowest BCUT2D eigenvalue weighted by Gasteiger charge is -2.21. The van der Waals surface area contributed by atoms with Crippen molar-refractivity contribution in [2.75, 3.05) is 48.5 Å². The minimum atomic E-state index is -0.441. The van der Waals surface area contributed by atoms with Crippen LogP contribution in [-0.2, 0) is 0 Å². The van der Waals surface area contributed by atoms with E-state index in [0.29, 0.717) is 72.2 Å². The average Bonchev–Trinajstić information content (AvgIpc) is 3.01. The van der Waals surface area contributed by atoms with Crippen molar-refractivity contribution in [3.8, 4) is 23.0 Å². The molecular weight excluding hydrogens is 584 g/mol. The van der Waals surface area contributed by atoms with Crippen molar-refractivity contribution in [1.29, 1.82) is 0 Å². The molecule has 10 nitrogen and oxygen atoms in total. The number of ether oxygens (including phenoxy) is 4. The minimum absolute atomic E-state index is 0.213. The lowest BCUT2D eigenvalue weighted by Crippen LogP contribution is -2.18. The largest absolute Gasteiger partial charge is 0.493 e. The molecule has 3 aromatic rings. The van der Waals surface area contributed by atoms with Crippen molar-refractivity contribution < 1.29 is 28.5 Å². The third-order valence-corrected chi connectivity index (χ3v) is 6.73. The summed E-state index contributed by atoms with van der Waals surface area (Å²) in [6, 6.07) is 13.2. The molecule has 46 heavy (non-hydrogen) atoms. The number of rotatable bonds is 18. The number of amides is 2. The molecule has 0 atom stereocenters.